The van der Waals surface area contributed by atoms with Crippen LogP contribution >= 0.6 is 0 Å². The molecule has 4 aliphatic rings. The SMILES string of the molecule is CC(C)n1ccc2c(NC(=O)CC[C@@H](C)[C@H]3CC[C@H]4[C@@H]5CC[C@@H]6C[C@H](O)CC[C@]6(C)[C@H]5C[C@H](O)[C@]34C)cccc21. The van der Waals surface area contributed by atoms with Crippen LogP contribution in [0.25, 0.3) is 10.9 Å². The van der Waals surface area contributed by atoms with Gasteiger partial charge in [0.1, 0.15) is 0 Å². The van der Waals surface area contributed by atoms with Crippen LogP contribution < -0.4 is 5.32 Å². The molecule has 6 rings (SSSR count). The Kier molecular flexibility index (Phi) is 7.39. The minimum Gasteiger partial charge on any atom is -0.393 e. The summed E-state index contributed by atoms with van der Waals surface area (Å²) in [7, 11) is 0. The van der Waals surface area contributed by atoms with Crippen molar-refractivity contribution in [1.29, 1.82) is 0 Å². The standard InChI is InChI=1S/C35H52N2O3/c1-21(2)37-18-16-26-30(7-6-8-31(26)37)36-33(40)14-9-22(3)27-12-13-28-25-11-10-23-19-24(38)15-17-34(23,4)29(25)20-32(39)35(27,28)5/h6-8,16,18,21-25,27-29,32,38-39H,9-15,17,19-20H2,1-5H3,(H,36,40)/t22-,23-,24-,25+,27-,28+,29+,32+,34+,35-/m1/s1. The number of nitrogens with one attached hydrogen (secondary N) is 1. The second-order valence-corrected chi connectivity index (χ2v) is 15.0. The molecule has 4 saturated carbocycles. The summed E-state index contributed by atoms with van der Waals surface area (Å²) in [6, 6.07) is 8.64. The number of aromatic nitrogens is 1. The van der Waals surface area contributed by atoms with Crippen molar-refractivity contribution in [2.75, 3.05) is 5.32 Å². The maximum absolute atomic E-state index is 13.1. The van der Waals surface area contributed by atoms with E-state index < -0.39 is 0 Å². The van der Waals surface area contributed by atoms with Crippen molar-refractivity contribution < 1.29 is 15.0 Å². The van der Waals surface area contributed by atoms with Gasteiger partial charge in [-0.15, -0.1) is 0 Å². The van der Waals surface area contributed by atoms with E-state index in [0.717, 1.165) is 48.7 Å². The molecule has 0 saturated heterocycles. The third-order valence-corrected chi connectivity index (χ3v) is 12.9. The summed E-state index contributed by atoms with van der Waals surface area (Å²) < 4.78 is 2.24. The number of amides is 1. The van der Waals surface area contributed by atoms with E-state index in [4.69, 9.17) is 0 Å². The lowest BCUT2D eigenvalue weighted by atomic mass is 9.43. The van der Waals surface area contributed by atoms with Crippen molar-refractivity contribution in [2.45, 2.75) is 117 Å². The van der Waals surface area contributed by atoms with Crippen LogP contribution in [0.4, 0.5) is 5.69 Å². The largest absolute Gasteiger partial charge is 0.393 e. The van der Waals surface area contributed by atoms with Crippen LogP contribution in [0, 0.1) is 46.3 Å². The van der Waals surface area contributed by atoms with Gasteiger partial charge in [-0.05, 0) is 136 Å². The molecule has 4 fully saturated rings. The monoisotopic (exact) mass is 548 g/mol. The van der Waals surface area contributed by atoms with Gasteiger partial charge in [-0.25, -0.2) is 0 Å². The third kappa shape index (κ3) is 4.45. The zero-order chi connectivity index (χ0) is 28.4. The summed E-state index contributed by atoms with van der Waals surface area (Å²) in [5.41, 5.74) is 2.27. The Bertz CT molecular complexity index is 1240. The lowest BCUT2D eigenvalue weighted by Gasteiger charge is -2.62. The van der Waals surface area contributed by atoms with Gasteiger partial charge in [-0.3, -0.25) is 4.79 Å². The van der Waals surface area contributed by atoms with Crippen LogP contribution in [-0.2, 0) is 4.79 Å². The maximum atomic E-state index is 13.1. The molecule has 40 heavy (non-hydrogen) atoms. The molecule has 3 N–H and O–H groups in total. The number of hydrogen-bond donors (Lipinski definition) is 3. The van der Waals surface area contributed by atoms with Crippen molar-refractivity contribution in [3.05, 3.63) is 30.5 Å². The van der Waals surface area contributed by atoms with E-state index in [0.29, 0.717) is 48.0 Å². The number of carbonyl (C=O) groups is 1. The maximum Gasteiger partial charge on any atom is 0.224 e. The van der Waals surface area contributed by atoms with E-state index in [1.165, 1.54) is 25.7 Å². The molecule has 4 aliphatic carbocycles. The van der Waals surface area contributed by atoms with E-state index in [-0.39, 0.29) is 28.9 Å². The first-order valence-corrected chi connectivity index (χ1v) is 16.3. The fourth-order valence-electron chi connectivity index (χ4n) is 10.7. The molecule has 0 unspecified atom stereocenters. The van der Waals surface area contributed by atoms with Gasteiger partial charge in [-0.2, -0.15) is 0 Å². The molecule has 1 aromatic heterocycles. The molecule has 5 heteroatoms. The fraction of sp³-hybridized carbons (Fsp3) is 0.743. The zero-order valence-electron chi connectivity index (χ0n) is 25.4. The topological polar surface area (TPSA) is 74.5 Å². The molecule has 5 nitrogen and oxygen atoms in total. The van der Waals surface area contributed by atoms with E-state index in [1.54, 1.807) is 0 Å². The van der Waals surface area contributed by atoms with Crippen molar-refractivity contribution in [3.8, 4) is 0 Å². The van der Waals surface area contributed by atoms with E-state index in [2.05, 4.69) is 62.8 Å². The summed E-state index contributed by atoms with van der Waals surface area (Å²) in [4.78, 5) is 13.1. The second-order valence-electron chi connectivity index (χ2n) is 15.0. The fourth-order valence-corrected chi connectivity index (χ4v) is 10.7. The lowest BCUT2D eigenvalue weighted by molar-refractivity contribution is -0.174. The van der Waals surface area contributed by atoms with Crippen LogP contribution in [0.1, 0.15) is 105 Å². The van der Waals surface area contributed by atoms with Crippen molar-refractivity contribution in [3.63, 3.8) is 0 Å². The van der Waals surface area contributed by atoms with Gasteiger partial charge < -0.3 is 20.1 Å². The Morgan fingerprint density at radius 1 is 1.02 bits per heavy atom. The molecular formula is C35H52N2O3. The molecule has 0 bridgehead atoms. The number of fused-ring (bicyclic) bond motifs is 6. The number of benzene rings is 1. The van der Waals surface area contributed by atoms with E-state index >= 15 is 0 Å². The van der Waals surface area contributed by atoms with Crippen molar-refractivity contribution in [2.24, 2.45) is 46.3 Å². The minimum absolute atomic E-state index is 0.0558. The zero-order valence-corrected chi connectivity index (χ0v) is 25.4. The number of anilines is 1. The van der Waals surface area contributed by atoms with Gasteiger partial charge in [0.25, 0.3) is 0 Å². The lowest BCUT2D eigenvalue weighted by Crippen LogP contribution is -2.58. The van der Waals surface area contributed by atoms with E-state index in [1.807, 2.05) is 12.1 Å². The highest BCUT2D eigenvalue weighted by Gasteiger charge is 2.63. The molecule has 1 aromatic carbocycles. The van der Waals surface area contributed by atoms with Gasteiger partial charge in [0.15, 0.2) is 0 Å². The summed E-state index contributed by atoms with van der Waals surface area (Å²) in [6.45, 7) is 11.6. The minimum atomic E-state index is -0.271. The Hall–Kier alpha value is -1.85. The van der Waals surface area contributed by atoms with E-state index in [9.17, 15) is 15.0 Å². The number of rotatable bonds is 6. The first-order valence-electron chi connectivity index (χ1n) is 16.3. The molecule has 1 heterocycles. The summed E-state index contributed by atoms with van der Waals surface area (Å²) in [6.07, 6.45) is 11.9. The number of carbonyl (C=O) groups excluding carboxylic acids is 1. The Balaban J connectivity index is 1.12. The molecule has 0 spiro atoms. The molecule has 0 aliphatic heterocycles. The predicted molar refractivity (Wildman–Crippen MR) is 162 cm³/mol. The van der Waals surface area contributed by atoms with Crippen LogP contribution in [0.3, 0.4) is 0 Å². The average molecular weight is 549 g/mol. The Labute approximate surface area is 241 Å². The molecule has 1 amide bonds. The van der Waals surface area contributed by atoms with Gasteiger partial charge in [0.2, 0.25) is 5.91 Å². The number of hydrogen-bond acceptors (Lipinski definition) is 3. The molecule has 0 radical (unpaired) electrons. The predicted octanol–water partition coefficient (Wildman–Crippen LogP) is 7.57. The number of aliphatic hydroxyl groups is 2. The van der Waals surface area contributed by atoms with Crippen molar-refractivity contribution >= 4 is 22.5 Å². The molecule has 220 valence electrons. The summed E-state index contributed by atoms with van der Waals surface area (Å²) in [5, 5.41) is 26.5. The average Bonchev–Trinajstić information content (AvgIpc) is 3.51. The summed E-state index contributed by atoms with van der Waals surface area (Å²) in [5.74, 6) is 3.42. The Morgan fingerprint density at radius 2 is 1.82 bits per heavy atom. The quantitative estimate of drug-likeness (QED) is 0.349. The molecule has 2 aromatic rings. The molecule has 10 atom stereocenters. The van der Waals surface area contributed by atoms with Crippen molar-refractivity contribution in [1.82, 2.24) is 4.57 Å². The first kappa shape index (κ1) is 28.3. The Morgan fingerprint density at radius 3 is 2.60 bits per heavy atom. The molecular weight excluding hydrogens is 496 g/mol. The van der Waals surface area contributed by atoms with Gasteiger partial charge >= 0.3 is 0 Å². The van der Waals surface area contributed by atoms with Gasteiger partial charge in [0, 0.05) is 24.0 Å². The van der Waals surface area contributed by atoms with Crippen LogP contribution in [0.5, 0.6) is 0 Å². The highest BCUT2D eigenvalue weighted by atomic mass is 16.3. The van der Waals surface area contributed by atoms with Crippen LogP contribution in [0.2, 0.25) is 0 Å². The normalized spacial score (nSPS) is 40.0. The number of aliphatic hydroxyl groups excluding tert-OH is 2. The number of nitrogens with zero attached hydrogens (tertiary/aromatic N) is 1. The van der Waals surface area contributed by atoms with Crippen LogP contribution in [-0.4, -0.2) is 32.9 Å². The van der Waals surface area contributed by atoms with Gasteiger partial charge in [0.05, 0.1) is 23.4 Å². The van der Waals surface area contributed by atoms with Crippen LogP contribution in [0.15, 0.2) is 30.5 Å². The highest BCUT2D eigenvalue weighted by molar-refractivity contribution is 6.01. The smallest absolute Gasteiger partial charge is 0.224 e. The summed E-state index contributed by atoms with van der Waals surface area (Å²) >= 11 is 0. The second kappa shape index (κ2) is 10.5. The van der Waals surface area contributed by atoms with Gasteiger partial charge in [-0.1, -0.05) is 26.8 Å². The third-order valence-electron chi connectivity index (χ3n) is 12.9. The first-order chi connectivity index (χ1) is 19.0. The highest BCUT2D eigenvalue weighted by Crippen LogP contribution is 2.68.